The van der Waals surface area contributed by atoms with E-state index in [0.717, 1.165) is 0 Å². The summed E-state index contributed by atoms with van der Waals surface area (Å²) in [7, 11) is 0. The summed E-state index contributed by atoms with van der Waals surface area (Å²) in [5.41, 5.74) is 0.568. The first-order chi connectivity index (χ1) is 6.15. The van der Waals surface area contributed by atoms with Crippen molar-refractivity contribution in [3.8, 4) is 5.75 Å². The second kappa shape index (κ2) is 4.53. The van der Waals surface area contributed by atoms with Gasteiger partial charge in [0.1, 0.15) is 5.75 Å². The van der Waals surface area contributed by atoms with Gasteiger partial charge in [-0.25, -0.2) is 0 Å². The van der Waals surface area contributed by atoms with E-state index in [4.69, 9.17) is 11.6 Å². The van der Waals surface area contributed by atoms with Crippen molar-refractivity contribution in [2.45, 2.75) is 11.3 Å². The van der Waals surface area contributed by atoms with Crippen molar-refractivity contribution >= 4 is 30.0 Å². The molecule has 0 bridgehead atoms. The molecule has 0 heterocycles. The minimum atomic E-state index is -0.115. The maximum atomic E-state index is 11.0. The first-order valence-corrected chi connectivity index (χ1v) is 4.71. The monoisotopic (exact) mass is 216 g/mol. The minimum Gasteiger partial charge on any atom is -0.506 e. The minimum absolute atomic E-state index is 0.0315. The number of ketones is 1. The predicted octanol–water partition coefficient (Wildman–Crippen LogP) is 2.03. The molecule has 70 valence electrons. The summed E-state index contributed by atoms with van der Waals surface area (Å²) in [5.74, 6) is -0.0869. The smallest absolute Gasteiger partial charge is 0.152 e. The summed E-state index contributed by atoms with van der Waals surface area (Å²) < 4.78 is 0. The number of Topliss-reactive ketones (excluding diaryl/α,β-unsaturated/α-hetero) is 1. The highest BCUT2D eigenvalue weighted by Gasteiger charge is 2.07. The highest BCUT2D eigenvalue weighted by Crippen LogP contribution is 2.25. The van der Waals surface area contributed by atoms with Crippen LogP contribution in [0.4, 0.5) is 0 Å². The van der Waals surface area contributed by atoms with Crippen molar-refractivity contribution < 1.29 is 9.90 Å². The number of phenols is 1. The number of halogens is 1. The molecule has 0 spiro atoms. The summed E-state index contributed by atoms with van der Waals surface area (Å²) in [6.45, 7) is 0. The molecule has 0 amide bonds. The van der Waals surface area contributed by atoms with E-state index in [-0.39, 0.29) is 23.8 Å². The van der Waals surface area contributed by atoms with E-state index in [9.17, 15) is 9.90 Å². The van der Waals surface area contributed by atoms with Crippen molar-refractivity contribution in [3.05, 3.63) is 23.8 Å². The fourth-order valence-corrected chi connectivity index (χ4v) is 1.30. The van der Waals surface area contributed by atoms with Gasteiger partial charge in [0.15, 0.2) is 5.78 Å². The quantitative estimate of drug-likeness (QED) is 0.599. The van der Waals surface area contributed by atoms with Crippen LogP contribution in [0.25, 0.3) is 0 Å². The molecule has 0 unspecified atom stereocenters. The summed E-state index contributed by atoms with van der Waals surface area (Å²) in [6, 6.07) is 5.07. The van der Waals surface area contributed by atoms with E-state index in [1.54, 1.807) is 18.2 Å². The van der Waals surface area contributed by atoms with Crippen LogP contribution in [0.2, 0.25) is 0 Å². The maximum absolute atomic E-state index is 11.0. The molecule has 0 aliphatic heterocycles. The third-order valence-electron chi connectivity index (χ3n) is 1.63. The van der Waals surface area contributed by atoms with E-state index >= 15 is 0 Å². The van der Waals surface area contributed by atoms with Gasteiger partial charge in [0.2, 0.25) is 0 Å². The van der Waals surface area contributed by atoms with Crippen LogP contribution in [0.1, 0.15) is 5.56 Å². The zero-order chi connectivity index (χ0) is 9.84. The van der Waals surface area contributed by atoms with Gasteiger partial charge in [0.25, 0.3) is 0 Å². The SMILES string of the molecule is O=C(CCl)Cc1cccc(S)c1O. The lowest BCUT2D eigenvalue weighted by molar-refractivity contribution is -0.116. The van der Waals surface area contributed by atoms with Crippen molar-refractivity contribution in [1.82, 2.24) is 0 Å². The van der Waals surface area contributed by atoms with Gasteiger partial charge in [-0.2, -0.15) is 0 Å². The highest BCUT2D eigenvalue weighted by molar-refractivity contribution is 7.80. The van der Waals surface area contributed by atoms with Gasteiger partial charge in [-0.1, -0.05) is 12.1 Å². The molecule has 0 saturated carbocycles. The topological polar surface area (TPSA) is 37.3 Å². The number of phenolic OH excluding ortho intramolecular Hbond substituents is 1. The lowest BCUT2D eigenvalue weighted by Crippen LogP contribution is -2.03. The molecule has 0 saturated heterocycles. The van der Waals surface area contributed by atoms with E-state index in [0.29, 0.717) is 10.5 Å². The van der Waals surface area contributed by atoms with E-state index in [1.165, 1.54) is 0 Å². The molecule has 0 fully saturated rings. The number of thiol groups is 1. The molecule has 1 aromatic rings. The fraction of sp³-hybridized carbons (Fsp3) is 0.222. The molecular weight excluding hydrogens is 208 g/mol. The Morgan fingerprint density at radius 2 is 2.23 bits per heavy atom. The molecule has 1 N–H and O–H groups in total. The Morgan fingerprint density at radius 1 is 1.54 bits per heavy atom. The summed E-state index contributed by atoms with van der Waals surface area (Å²) in [4.78, 5) is 11.4. The first-order valence-electron chi connectivity index (χ1n) is 3.72. The molecule has 0 aliphatic carbocycles. The molecule has 1 aromatic carbocycles. The van der Waals surface area contributed by atoms with E-state index < -0.39 is 0 Å². The normalized spacial score (nSPS) is 10.0. The average molecular weight is 217 g/mol. The molecule has 0 aliphatic rings. The third kappa shape index (κ3) is 2.64. The standard InChI is InChI=1S/C9H9ClO2S/c10-5-7(11)4-6-2-1-3-8(13)9(6)12/h1-3,12-13H,4-5H2. The number of carbonyl (C=O) groups is 1. The molecule has 0 atom stereocenters. The lowest BCUT2D eigenvalue weighted by atomic mass is 10.1. The van der Waals surface area contributed by atoms with Crippen LogP contribution in [0.3, 0.4) is 0 Å². The highest BCUT2D eigenvalue weighted by atomic mass is 35.5. The van der Waals surface area contributed by atoms with Gasteiger partial charge in [-0.3, -0.25) is 4.79 Å². The number of alkyl halides is 1. The zero-order valence-electron chi connectivity index (χ0n) is 6.83. The second-order valence-corrected chi connectivity index (χ2v) is 3.38. The van der Waals surface area contributed by atoms with Gasteiger partial charge in [0, 0.05) is 16.9 Å². The van der Waals surface area contributed by atoms with Gasteiger partial charge in [-0.05, 0) is 6.07 Å². The average Bonchev–Trinajstić information content (AvgIpc) is 2.13. The maximum Gasteiger partial charge on any atom is 0.152 e. The van der Waals surface area contributed by atoms with Crippen LogP contribution in [-0.2, 0) is 11.2 Å². The molecule has 13 heavy (non-hydrogen) atoms. The van der Waals surface area contributed by atoms with Crippen molar-refractivity contribution in [2.24, 2.45) is 0 Å². The zero-order valence-corrected chi connectivity index (χ0v) is 8.48. The molecule has 0 aromatic heterocycles. The number of hydrogen-bond donors (Lipinski definition) is 2. The van der Waals surface area contributed by atoms with Crippen LogP contribution in [0, 0.1) is 0 Å². The van der Waals surface area contributed by atoms with Crippen molar-refractivity contribution in [2.75, 3.05) is 5.88 Å². The number of carbonyl (C=O) groups excluding carboxylic acids is 1. The van der Waals surface area contributed by atoms with Gasteiger partial charge < -0.3 is 5.11 Å². The number of aromatic hydroxyl groups is 1. The Balaban J connectivity index is 2.89. The third-order valence-corrected chi connectivity index (χ3v) is 2.29. The fourth-order valence-electron chi connectivity index (χ4n) is 0.980. The Morgan fingerprint density at radius 3 is 2.85 bits per heavy atom. The number of hydrogen-bond acceptors (Lipinski definition) is 3. The van der Waals surface area contributed by atoms with Crippen LogP contribution >= 0.6 is 24.2 Å². The van der Waals surface area contributed by atoms with Gasteiger partial charge in [-0.15, -0.1) is 24.2 Å². The van der Waals surface area contributed by atoms with E-state index in [1.807, 2.05) is 0 Å². The van der Waals surface area contributed by atoms with Crippen molar-refractivity contribution in [3.63, 3.8) is 0 Å². The summed E-state index contributed by atoms with van der Waals surface area (Å²) >= 11 is 9.37. The van der Waals surface area contributed by atoms with Gasteiger partial charge >= 0.3 is 0 Å². The Labute approximate surface area is 86.9 Å². The molecule has 1 rings (SSSR count). The molecule has 4 heteroatoms. The van der Waals surface area contributed by atoms with Crippen LogP contribution in [0.5, 0.6) is 5.75 Å². The molecule has 0 radical (unpaired) electrons. The van der Waals surface area contributed by atoms with Crippen LogP contribution < -0.4 is 0 Å². The summed E-state index contributed by atoms with van der Waals surface area (Å²) in [5, 5.41) is 9.47. The van der Waals surface area contributed by atoms with Crippen molar-refractivity contribution in [1.29, 1.82) is 0 Å². The Hall–Kier alpha value is -0.670. The van der Waals surface area contributed by atoms with Gasteiger partial charge in [0.05, 0.1) is 5.88 Å². The number of para-hydroxylation sites is 1. The Bertz CT molecular complexity index is 325. The van der Waals surface area contributed by atoms with Crippen LogP contribution in [0.15, 0.2) is 23.1 Å². The molecular formula is C9H9ClO2S. The number of benzene rings is 1. The second-order valence-electron chi connectivity index (χ2n) is 2.63. The largest absolute Gasteiger partial charge is 0.506 e. The summed E-state index contributed by atoms with van der Waals surface area (Å²) in [6.07, 6.45) is 0.156. The predicted molar refractivity (Wildman–Crippen MR) is 54.8 cm³/mol. The van der Waals surface area contributed by atoms with Crippen LogP contribution in [-0.4, -0.2) is 16.8 Å². The van der Waals surface area contributed by atoms with E-state index in [2.05, 4.69) is 12.6 Å². The lowest BCUT2D eigenvalue weighted by Gasteiger charge is -2.04. The number of rotatable bonds is 3. The first kappa shape index (κ1) is 10.4. The molecule has 2 nitrogen and oxygen atoms in total. The Kier molecular flexibility index (Phi) is 3.63.